The first-order valence-electron chi connectivity index (χ1n) is 11.2. The second kappa shape index (κ2) is 10.8. The Morgan fingerprint density at radius 1 is 1.11 bits per heavy atom. The molecule has 0 aliphatic rings. The van der Waals surface area contributed by atoms with Gasteiger partial charge in [-0.25, -0.2) is 9.37 Å². The van der Waals surface area contributed by atoms with Gasteiger partial charge >= 0.3 is 0 Å². The topological polar surface area (TPSA) is 65.7 Å². The van der Waals surface area contributed by atoms with Crippen LogP contribution in [0.4, 0.5) is 4.39 Å². The van der Waals surface area contributed by atoms with Gasteiger partial charge in [-0.3, -0.25) is 4.79 Å². The van der Waals surface area contributed by atoms with Crippen LogP contribution in [-0.2, 0) is 6.61 Å². The lowest BCUT2D eigenvalue weighted by Crippen LogP contribution is -2.23. The van der Waals surface area contributed by atoms with Gasteiger partial charge in [-0.15, -0.1) is 0 Å². The molecule has 0 bridgehead atoms. The van der Waals surface area contributed by atoms with E-state index in [-0.39, 0.29) is 23.9 Å². The van der Waals surface area contributed by atoms with Crippen LogP contribution in [0.15, 0.2) is 75.0 Å². The van der Waals surface area contributed by atoms with E-state index in [0.29, 0.717) is 28.2 Å². The summed E-state index contributed by atoms with van der Waals surface area (Å²) >= 11 is 3.42. The van der Waals surface area contributed by atoms with Crippen molar-refractivity contribution < 1.29 is 13.9 Å². The number of hydrogen-bond acceptors (Lipinski definition) is 5. The molecule has 6 nitrogen and oxygen atoms in total. The normalized spacial score (nSPS) is 12.3. The van der Waals surface area contributed by atoms with Gasteiger partial charge < -0.3 is 9.47 Å². The lowest BCUT2D eigenvalue weighted by atomic mass is 10.1. The molecule has 4 aromatic rings. The van der Waals surface area contributed by atoms with Gasteiger partial charge in [-0.2, -0.15) is 9.78 Å². The van der Waals surface area contributed by atoms with Crippen molar-refractivity contribution in [1.82, 2.24) is 9.66 Å². The molecule has 1 aromatic heterocycles. The van der Waals surface area contributed by atoms with Gasteiger partial charge in [0, 0.05) is 10.4 Å². The van der Waals surface area contributed by atoms with E-state index < -0.39 is 0 Å². The van der Waals surface area contributed by atoms with E-state index in [9.17, 15) is 9.18 Å². The molecular formula is C27H25BrFN3O3. The molecule has 0 unspecified atom stereocenters. The summed E-state index contributed by atoms with van der Waals surface area (Å²) in [6, 6.07) is 17.0. The molecule has 0 saturated heterocycles. The maximum atomic E-state index is 13.3. The summed E-state index contributed by atoms with van der Waals surface area (Å²) in [4.78, 5) is 18.0. The third-order valence-electron chi connectivity index (χ3n) is 5.70. The van der Waals surface area contributed by atoms with Crippen molar-refractivity contribution in [2.24, 2.45) is 5.10 Å². The molecule has 3 aromatic carbocycles. The van der Waals surface area contributed by atoms with Gasteiger partial charge in [0.05, 0.1) is 24.2 Å². The molecule has 4 rings (SSSR count). The summed E-state index contributed by atoms with van der Waals surface area (Å²) in [7, 11) is 1.55. The molecule has 8 heteroatoms. The van der Waals surface area contributed by atoms with Gasteiger partial charge in [0.25, 0.3) is 5.56 Å². The highest BCUT2D eigenvalue weighted by Crippen LogP contribution is 2.28. The third-order valence-corrected chi connectivity index (χ3v) is 6.20. The summed E-state index contributed by atoms with van der Waals surface area (Å²) in [5, 5.41) is 4.99. The Hall–Kier alpha value is -3.52. The maximum absolute atomic E-state index is 13.3. The number of aromatic nitrogens is 2. The number of methoxy groups -OCH3 is 1. The monoisotopic (exact) mass is 537 g/mol. The van der Waals surface area contributed by atoms with Crippen LogP contribution in [0.2, 0.25) is 0 Å². The first-order valence-corrected chi connectivity index (χ1v) is 12.0. The van der Waals surface area contributed by atoms with Crippen molar-refractivity contribution in [3.63, 3.8) is 0 Å². The van der Waals surface area contributed by atoms with Gasteiger partial charge in [-0.1, -0.05) is 41.9 Å². The number of benzene rings is 3. The minimum Gasteiger partial charge on any atom is -0.493 e. The van der Waals surface area contributed by atoms with Crippen LogP contribution in [-0.4, -0.2) is 23.0 Å². The predicted molar refractivity (Wildman–Crippen MR) is 139 cm³/mol. The number of fused-ring (bicyclic) bond motifs is 1. The van der Waals surface area contributed by atoms with E-state index >= 15 is 0 Å². The molecule has 1 heterocycles. The largest absolute Gasteiger partial charge is 0.493 e. The molecule has 0 N–H and O–H groups in total. The Morgan fingerprint density at radius 2 is 1.89 bits per heavy atom. The summed E-state index contributed by atoms with van der Waals surface area (Å²) < 4.78 is 26.6. The average Bonchev–Trinajstić information content (AvgIpc) is 2.87. The molecule has 180 valence electrons. The lowest BCUT2D eigenvalue weighted by molar-refractivity contribution is 0.284. The first kappa shape index (κ1) is 24.6. The Labute approximate surface area is 211 Å². The van der Waals surface area contributed by atoms with Crippen LogP contribution in [0, 0.1) is 5.82 Å². The second-order valence-corrected chi connectivity index (χ2v) is 9.04. The SMILES string of the molecule is CC[C@@H](C)c1nc2ccc(Br)cc2c(=O)n1N=Cc1ccc(OCc2ccc(F)cc2)c(OC)c1. The van der Waals surface area contributed by atoms with Crippen LogP contribution in [0.3, 0.4) is 0 Å². The molecule has 0 aliphatic heterocycles. The third kappa shape index (κ3) is 5.59. The zero-order valence-corrected chi connectivity index (χ0v) is 21.3. The van der Waals surface area contributed by atoms with Gasteiger partial charge in [-0.05, 0) is 66.1 Å². The van der Waals surface area contributed by atoms with Crippen molar-refractivity contribution >= 4 is 33.0 Å². The number of nitrogens with zero attached hydrogens (tertiary/aromatic N) is 3. The zero-order valence-electron chi connectivity index (χ0n) is 19.7. The number of hydrogen-bond donors (Lipinski definition) is 0. The number of rotatable bonds is 8. The highest BCUT2D eigenvalue weighted by molar-refractivity contribution is 9.10. The fourth-order valence-corrected chi connectivity index (χ4v) is 3.89. The average molecular weight is 538 g/mol. The Kier molecular flexibility index (Phi) is 7.60. The van der Waals surface area contributed by atoms with Gasteiger partial charge in [0.2, 0.25) is 0 Å². The second-order valence-electron chi connectivity index (χ2n) is 8.13. The fraction of sp³-hybridized carbons (Fsp3) is 0.222. The Balaban J connectivity index is 1.64. The number of ether oxygens (including phenoxy) is 2. The molecule has 0 spiro atoms. The molecular weight excluding hydrogens is 513 g/mol. The smallest absolute Gasteiger partial charge is 0.282 e. The van der Waals surface area contributed by atoms with Crippen molar-refractivity contribution in [1.29, 1.82) is 0 Å². The quantitative estimate of drug-likeness (QED) is 0.248. The predicted octanol–water partition coefficient (Wildman–Crippen LogP) is 6.28. The number of halogens is 2. The highest BCUT2D eigenvalue weighted by Gasteiger charge is 2.16. The summed E-state index contributed by atoms with van der Waals surface area (Å²) in [5.74, 6) is 1.43. The molecule has 0 fully saturated rings. The molecule has 0 aliphatic carbocycles. The molecule has 35 heavy (non-hydrogen) atoms. The Morgan fingerprint density at radius 3 is 2.60 bits per heavy atom. The standard InChI is InChI=1S/C27H25BrFN3O3/c1-4-17(2)26-31-23-11-8-20(28)14-22(23)27(33)32(26)30-15-19-7-12-24(25(13-19)34-3)35-16-18-5-9-21(29)10-6-18/h5-15,17H,4,16H2,1-3H3/t17-/m1/s1. The van der Waals surface area contributed by atoms with E-state index in [1.807, 2.05) is 32.0 Å². The summed E-state index contributed by atoms with van der Waals surface area (Å²) in [6.07, 6.45) is 2.42. The van der Waals surface area contributed by atoms with Crippen LogP contribution in [0.5, 0.6) is 11.5 Å². The maximum Gasteiger partial charge on any atom is 0.282 e. The molecule has 0 saturated carbocycles. The van der Waals surface area contributed by atoms with Gasteiger partial charge in [0.1, 0.15) is 18.2 Å². The minimum atomic E-state index is -0.292. The van der Waals surface area contributed by atoms with Crippen molar-refractivity contribution in [2.75, 3.05) is 7.11 Å². The highest BCUT2D eigenvalue weighted by atomic mass is 79.9. The first-order chi connectivity index (χ1) is 16.9. The van der Waals surface area contributed by atoms with E-state index in [1.54, 1.807) is 43.7 Å². The van der Waals surface area contributed by atoms with Crippen LogP contribution < -0.4 is 15.0 Å². The molecule has 0 radical (unpaired) electrons. The van der Waals surface area contributed by atoms with E-state index in [1.165, 1.54) is 16.8 Å². The Bertz CT molecular complexity index is 1430. The zero-order chi connectivity index (χ0) is 24.9. The van der Waals surface area contributed by atoms with Crippen LogP contribution in [0.1, 0.15) is 43.1 Å². The van der Waals surface area contributed by atoms with Gasteiger partial charge in [0.15, 0.2) is 11.5 Å². The van der Waals surface area contributed by atoms with Crippen LogP contribution in [0.25, 0.3) is 10.9 Å². The molecule has 1 atom stereocenters. The van der Waals surface area contributed by atoms with Crippen molar-refractivity contribution in [3.05, 3.63) is 98.3 Å². The fourth-order valence-electron chi connectivity index (χ4n) is 3.53. The van der Waals surface area contributed by atoms with Crippen molar-refractivity contribution in [3.8, 4) is 11.5 Å². The van der Waals surface area contributed by atoms with E-state index in [0.717, 1.165) is 22.0 Å². The lowest BCUT2D eigenvalue weighted by Gasteiger charge is -2.14. The van der Waals surface area contributed by atoms with E-state index in [4.69, 9.17) is 14.5 Å². The summed E-state index contributed by atoms with van der Waals surface area (Å²) in [6.45, 7) is 4.34. The minimum absolute atomic E-state index is 0.0460. The van der Waals surface area contributed by atoms with Crippen LogP contribution >= 0.6 is 15.9 Å². The van der Waals surface area contributed by atoms with E-state index in [2.05, 4.69) is 21.0 Å². The molecule has 0 amide bonds. The van der Waals surface area contributed by atoms with Crippen molar-refractivity contribution in [2.45, 2.75) is 32.8 Å². The summed E-state index contributed by atoms with van der Waals surface area (Å²) in [5.41, 5.74) is 1.98.